The fourth-order valence-electron chi connectivity index (χ4n) is 1.89. The Morgan fingerprint density at radius 3 is 1.50 bits per heavy atom. The highest BCUT2D eigenvalue weighted by Crippen LogP contribution is 2.27. The molecule has 22 heavy (non-hydrogen) atoms. The second-order valence-corrected chi connectivity index (χ2v) is 7.81. The van der Waals surface area contributed by atoms with E-state index in [0.717, 1.165) is 0 Å². The van der Waals surface area contributed by atoms with Crippen LogP contribution in [0.25, 0.3) is 0 Å². The molecule has 0 aliphatic rings. The molecule has 1 atom stereocenters. The van der Waals surface area contributed by atoms with Gasteiger partial charge in [-0.1, -0.05) is 0 Å². The van der Waals surface area contributed by atoms with Gasteiger partial charge in [0.05, 0.1) is 24.0 Å². The molecule has 0 N–H and O–H groups in total. The van der Waals surface area contributed by atoms with Crippen molar-refractivity contribution in [2.75, 3.05) is 20.5 Å². The van der Waals surface area contributed by atoms with Gasteiger partial charge >= 0.3 is 0 Å². The topological polar surface area (TPSA) is 65.0 Å². The average molecular weight is 339 g/mol. The van der Waals surface area contributed by atoms with Gasteiger partial charge in [-0.05, 0) is 48.5 Å². The molecular formula is C15H17NO4S2. The number of hydrogen-bond donors (Lipinski definition) is 0. The number of benzene rings is 2. The van der Waals surface area contributed by atoms with Crippen LogP contribution in [0.15, 0.2) is 62.1 Å². The average Bonchev–Trinajstić information content (AvgIpc) is 2.54. The first-order valence-corrected chi connectivity index (χ1v) is 9.41. The fourth-order valence-corrected chi connectivity index (χ4v) is 5.04. The molecule has 0 saturated heterocycles. The van der Waals surface area contributed by atoms with Crippen molar-refractivity contribution in [3.63, 3.8) is 0 Å². The molecule has 118 valence electrons. The van der Waals surface area contributed by atoms with Crippen molar-refractivity contribution < 1.29 is 17.9 Å². The molecule has 0 heterocycles. The molecule has 0 aromatic heterocycles. The van der Waals surface area contributed by atoms with Crippen LogP contribution in [-0.4, -0.2) is 28.9 Å². The maximum Gasteiger partial charge on any atom is 0.145 e. The number of hydrogen-bond acceptors (Lipinski definition) is 4. The van der Waals surface area contributed by atoms with E-state index in [1.54, 1.807) is 62.8 Å². The van der Waals surface area contributed by atoms with Crippen LogP contribution in [0.1, 0.15) is 0 Å². The van der Waals surface area contributed by atoms with Crippen molar-refractivity contribution in [2.45, 2.75) is 9.79 Å². The number of rotatable bonds is 5. The summed E-state index contributed by atoms with van der Waals surface area (Å²) < 4.78 is 39.1. The maximum atomic E-state index is 13.4. The van der Waals surface area contributed by atoms with Gasteiger partial charge in [-0.2, -0.15) is 0 Å². The Kier molecular flexibility index (Phi) is 5.20. The summed E-state index contributed by atoms with van der Waals surface area (Å²) in [6.45, 7) is 0. The second kappa shape index (κ2) is 6.93. The molecule has 0 aliphatic carbocycles. The van der Waals surface area contributed by atoms with Gasteiger partial charge in [-0.25, -0.2) is 8.42 Å². The zero-order valence-corrected chi connectivity index (χ0v) is 14.1. The van der Waals surface area contributed by atoms with Gasteiger partial charge < -0.3 is 9.47 Å². The molecule has 5 nitrogen and oxygen atoms in total. The lowest BCUT2D eigenvalue weighted by Crippen LogP contribution is -2.04. The third kappa shape index (κ3) is 3.48. The van der Waals surface area contributed by atoms with Crippen LogP contribution in [0.5, 0.6) is 11.5 Å². The van der Waals surface area contributed by atoms with Gasteiger partial charge in [0, 0.05) is 6.26 Å². The normalized spacial score (nSPS) is 12.5. The zero-order valence-electron chi connectivity index (χ0n) is 12.5. The highest BCUT2D eigenvalue weighted by Gasteiger charge is 2.17. The molecule has 2 aromatic carbocycles. The quantitative estimate of drug-likeness (QED) is 0.840. The highest BCUT2D eigenvalue weighted by molar-refractivity contribution is 8.00. The first-order chi connectivity index (χ1) is 10.5. The van der Waals surface area contributed by atoms with Crippen molar-refractivity contribution in [3.8, 4) is 11.5 Å². The molecule has 0 aliphatic heterocycles. The predicted octanol–water partition coefficient (Wildman–Crippen LogP) is 2.88. The lowest BCUT2D eigenvalue weighted by atomic mass is 10.3. The molecule has 0 bridgehead atoms. The SMILES string of the molecule is COc1ccc(S(=O)(=NS(C)=O)c2ccc(OC)cc2)cc1. The van der Waals surface area contributed by atoms with Crippen molar-refractivity contribution in [1.29, 1.82) is 0 Å². The van der Waals surface area contributed by atoms with E-state index < -0.39 is 20.7 Å². The van der Waals surface area contributed by atoms with E-state index in [4.69, 9.17) is 9.47 Å². The summed E-state index contributed by atoms with van der Waals surface area (Å²) in [5, 5.41) is 0. The lowest BCUT2D eigenvalue weighted by Gasteiger charge is -2.11. The molecule has 0 fully saturated rings. The summed E-state index contributed by atoms with van der Waals surface area (Å²) >= 11 is 0. The predicted molar refractivity (Wildman–Crippen MR) is 87.2 cm³/mol. The van der Waals surface area contributed by atoms with Crippen molar-refractivity contribution in [2.24, 2.45) is 3.77 Å². The van der Waals surface area contributed by atoms with Crippen LogP contribution in [-0.2, 0) is 20.7 Å². The molecule has 0 radical (unpaired) electrons. The second-order valence-electron chi connectivity index (χ2n) is 4.38. The molecular weight excluding hydrogens is 322 g/mol. The maximum absolute atomic E-state index is 13.4. The minimum atomic E-state index is -2.98. The smallest absolute Gasteiger partial charge is 0.145 e. The lowest BCUT2D eigenvalue weighted by molar-refractivity contribution is 0.414. The van der Waals surface area contributed by atoms with E-state index in [9.17, 15) is 8.42 Å². The summed E-state index contributed by atoms with van der Waals surface area (Å²) in [6.07, 6.45) is 1.40. The van der Waals surface area contributed by atoms with Gasteiger partial charge in [-0.3, -0.25) is 0 Å². The number of ether oxygens (including phenoxy) is 2. The molecule has 1 unspecified atom stereocenters. The third-order valence-electron chi connectivity index (χ3n) is 2.97. The molecule has 0 saturated carbocycles. The van der Waals surface area contributed by atoms with Gasteiger partial charge in [0.25, 0.3) is 0 Å². The van der Waals surface area contributed by atoms with Crippen molar-refractivity contribution in [1.82, 2.24) is 0 Å². The molecule has 7 heteroatoms. The third-order valence-corrected chi connectivity index (χ3v) is 6.47. The van der Waals surface area contributed by atoms with Crippen LogP contribution in [0, 0.1) is 0 Å². The van der Waals surface area contributed by atoms with Crippen LogP contribution in [0.4, 0.5) is 0 Å². The molecule has 0 amide bonds. The van der Waals surface area contributed by atoms with Crippen LogP contribution in [0.2, 0.25) is 0 Å². The van der Waals surface area contributed by atoms with E-state index in [0.29, 0.717) is 21.3 Å². The van der Waals surface area contributed by atoms with E-state index in [1.807, 2.05) is 0 Å². The van der Waals surface area contributed by atoms with Gasteiger partial charge in [-0.15, -0.1) is 3.77 Å². The Balaban J connectivity index is 2.61. The standard InChI is InChI=1S/C15H17NO4S2/c1-19-12-4-8-14(9-5-12)22(18,16-21(3)17)15-10-6-13(20-2)7-11-15/h4-11H,1-3H3. The molecule has 0 spiro atoms. The van der Waals surface area contributed by atoms with Crippen molar-refractivity contribution in [3.05, 3.63) is 48.5 Å². The monoisotopic (exact) mass is 339 g/mol. The van der Waals surface area contributed by atoms with Crippen LogP contribution >= 0.6 is 0 Å². The minimum Gasteiger partial charge on any atom is -0.497 e. The van der Waals surface area contributed by atoms with Gasteiger partial charge in [0.15, 0.2) is 0 Å². The molecule has 2 rings (SSSR count). The Bertz CT molecular complexity index is 723. The first kappa shape index (κ1) is 16.5. The Labute approximate surface area is 133 Å². The fraction of sp³-hybridized carbons (Fsp3) is 0.200. The van der Waals surface area contributed by atoms with Crippen LogP contribution in [0.3, 0.4) is 0 Å². The highest BCUT2D eigenvalue weighted by atomic mass is 32.3. The van der Waals surface area contributed by atoms with E-state index in [1.165, 1.54) is 6.26 Å². The Morgan fingerprint density at radius 2 is 1.23 bits per heavy atom. The summed E-state index contributed by atoms with van der Waals surface area (Å²) in [4.78, 5) is 0.960. The minimum absolute atomic E-state index is 0.480. The Morgan fingerprint density at radius 1 is 0.864 bits per heavy atom. The largest absolute Gasteiger partial charge is 0.497 e. The summed E-state index contributed by atoms with van der Waals surface area (Å²) in [5.74, 6) is 1.30. The van der Waals surface area contributed by atoms with E-state index in [-0.39, 0.29) is 0 Å². The first-order valence-electron chi connectivity index (χ1n) is 6.38. The van der Waals surface area contributed by atoms with E-state index >= 15 is 0 Å². The van der Waals surface area contributed by atoms with Gasteiger partial charge in [0.2, 0.25) is 0 Å². The zero-order chi connectivity index (χ0) is 16.2. The number of methoxy groups -OCH3 is 2. The Hall–Kier alpha value is -1.86. The van der Waals surface area contributed by atoms with Gasteiger partial charge in [0.1, 0.15) is 32.2 Å². The summed E-state index contributed by atoms with van der Waals surface area (Å²) in [6, 6.07) is 13.5. The summed E-state index contributed by atoms with van der Waals surface area (Å²) in [7, 11) is -1.43. The molecule has 2 aromatic rings. The summed E-state index contributed by atoms with van der Waals surface area (Å²) in [5.41, 5.74) is 0. The van der Waals surface area contributed by atoms with Crippen LogP contribution < -0.4 is 9.47 Å². The van der Waals surface area contributed by atoms with E-state index in [2.05, 4.69) is 3.77 Å². The van der Waals surface area contributed by atoms with Crippen molar-refractivity contribution >= 4 is 20.7 Å². The number of nitrogens with zero attached hydrogens (tertiary/aromatic N) is 1.